The Balaban J connectivity index is 1.70. The highest BCUT2D eigenvalue weighted by molar-refractivity contribution is 7.90. The smallest absolute Gasteiger partial charge is 0.275 e. The number of carbonyl (C=O) groups is 1. The molecule has 1 unspecified atom stereocenters. The molecule has 0 saturated carbocycles. The van der Waals surface area contributed by atoms with Crippen molar-refractivity contribution in [3.8, 4) is 0 Å². The van der Waals surface area contributed by atoms with Crippen molar-refractivity contribution in [2.75, 3.05) is 19.0 Å². The summed E-state index contributed by atoms with van der Waals surface area (Å²) in [6.07, 6.45) is 0. The quantitative estimate of drug-likeness (QED) is 0.275. The Morgan fingerprint density at radius 2 is 1.76 bits per heavy atom. The van der Waals surface area contributed by atoms with Gasteiger partial charge in [-0.05, 0) is 23.8 Å². The second-order valence-electron chi connectivity index (χ2n) is 7.14. The maximum absolute atomic E-state index is 13.1. The number of amides is 1. The van der Waals surface area contributed by atoms with Gasteiger partial charge in [0.15, 0.2) is 0 Å². The minimum atomic E-state index is -4.26. The molecule has 11 nitrogen and oxygen atoms in total. The summed E-state index contributed by atoms with van der Waals surface area (Å²) in [6, 6.07) is 12.2. The number of non-ortho nitro benzene ring substituents is 1. The summed E-state index contributed by atoms with van der Waals surface area (Å²) >= 11 is 0. The van der Waals surface area contributed by atoms with E-state index in [1.165, 1.54) is 24.3 Å². The first kappa shape index (κ1) is 22.8. The molecule has 33 heavy (non-hydrogen) atoms. The van der Waals surface area contributed by atoms with E-state index in [9.17, 15) is 31.7 Å². The van der Waals surface area contributed by atoms with Crippen molar-refractivity contribution in [1.82, 2.24) is 4.72 Å². The predicted octanol–water partition coefficient (Wildman–Crippen LogP) is 2.31. The van der Waals surface area contributed by atoms with Crippen molar-refractivity contribution in [2.45, 2.75) is 10.1 Å². The molecule has 1 amide bonds. The summed E-state index contributed by atoms with van der Waals surface area (Å²) in [5.41, 5.74) is 0.685. The van der Waals surface area contributed by atoms with Crippen LogP contribution < -0.4 is 10.0 Å². The summed E-state index contributed by atoms with van der Waals surface area (Å²) in [4.78, 5) is 22.2. The van der Waals surface area contributed by atoms with Crippen LogP contribution >= 0.6 is 0 Å². The standard InChI is InChI=1S/C20H17N3O8S2/c1-31-33(29,30)18(12-5-7-13(8-6-12)23(25)26)11-21-32(27,28)17-10-9-16-19-14(17)3-2-4-15(19)20(24)22-16/h2-10,18,21H,11H2,1H3,(H,22,24). The van der Waals surface area contributed by atoms with Gasteiger partial charge >= 0.3 is 0 Å². The molecule has 0 spiro atoms. The minimum absolute atomic E-state index is 0.111. The Morgan fingerprint density at radius 3 is 2.39 bits per heavy atom. The minimum Gasteiger partial charge on any atom is -0.321 e. The summed E-state index contributed by atoms with van der Waals surface area (Å²) in [7, 11) is -7.54. The third kappa shape index (κ3) is 4.06. The predicted molar refractivity (Wildman–Crippen MR) is 119 cm³/mol. The Bertz CT molecular complexity index is 1500. The van der Waals surface area contributed by atoms with Gasteiger partial charge in [-0.15, -0.1) is 0 Å². The number of hydrogen-bond donors (Lipinski definition) is 2. The van der Waals surface area contributed by atoms with E-state index in [4.69, 9.17) is 0 Å². The molecule has 0 radical (unpaired) electrons. The Hall–Kier alpha value is -3.39. The van der Waals surface area contributed by atoms with Crippen LogP contribution in [0.25, 0.3) is 10.8 Å². The van der Waals surface area contributed by atoms with Crippen molar-refractivity contribution in [2.24, 2.45) is 0 Å². The van der Waals surface area contributed by atoms with Gasteiger partial charge in [0.25, 0.3) is 21.7 Å². The summed E-state index contributed by atoms with van der Waals surface area (Å²) < 4.78 is 58.1. The van der Waals surface area contributed by atoms with Crippen LogP contribution in [0.2, 0.25) is 0 Å². The summed E-state index contributed by atoms with van der Waals surface area (Å²) in [5.74, 6) is -0.345. The number of rotatable bonds is 8. The van der Waals surface area contributed by atoms with Crippen LogP contribution in [0.4, 0.5) is 11.4 Å². The fraction of sp³-hybridized carbons (Fsp3) is 0.150. The molecule has 0 saturated heterocycles. The number of hydrogen-bond acceptors (Lipinski definition) is 8. The molecule has 13 heteroatoms. The second-order valence-corrected chi connectivity index (χ2v) is 10.8. The summed E-state index contributed by atoms with van der Waals surface area (Å²) in [6.45, 7) is -0.587. The van der Waals surface area contributed by atoms with E-state index < -0.39 is 36.9 Å². The fourth-order valence-corrected chi connectivity index (χ4v) is 6.04. The van der Waals surface area contributed by atoms with Crippen molar-refractivity contribution in [1.29, 1.82) is 0 Å². The molecule has 1 atom stereocenters. The van der Waals surface area contributed by atoms with Crippen LogP contribution in [-0.2, 0) is 24.3 Å². The van der Waals surface area contributed by atoms with Gasteiger partial charge in [-0.2, -0.15) is 8.42 Å². The van der Waals surface area contributed by atoms with E-state index in [1.807, 2.05) is 0 Å². The van der Waals surface area contributed by atoms with E-state index in [1.54, 1.807) is 18.2 Å². The first-order valence-corrected chi connectivity index (χ1v) is 12.4. The maximum Gasteiger partial charge on any atom is 0.275 e. The van der Waals surface area contributed by atoms with Crippen LogP contribution in [0.3, 0.4) is 0 Å². The monoisotopic (exact) mass is 491 g/mol. The summed E-state index contributed by atoms with van der Waals surface area (Å²) in [5, 5.41) is 12.8. The van der Waals surface area contributed by atoms with Gasteiger partial charge in [0.1, 0.15) is 5.25 Å². The largest absolute Gasteiger partial charge is 0.321 e. The zero-order valence-electron chi connectivity index (χ0n) is 17.0. The molecule has 0 aliphatic carbocycles. The van der Waals surface area contributed by atoms with Gasteiger partial charge < -0.3 is 5.32 Å². The average molecular weight is 492 g/mol. The molecule has 3 aromatic carbocycles. The van der Waals surface area contributed by atoms with Crippen molar-refractivity contribution in [3.05, 3.63) is 75.8 Å². The van der Waals surface area contributed by atoms with E-state index in [0.29, 0.717) is 22.0 Å². The molecule has 2 N–H and O–H groups in total. The van der Waals surface area contributed by atoms with E-state index in [2.05, 4.69) is 14.2 Å². The van der Waals surface area contributed by atoms with Gasteiger partial charge in [0.2, 0.25) is 10.0 Å². The van der Waals surface area contributed by atoms with Gasteiger partial charge in [-0.25, -0.2) is 13.1 Å². The van der Waals surface area contributed by atoms with E-state index in [0.717, 1.165) is 19.2 Å². The van der Waals surface area contributed by atoms with Gasteiger partial charge in [0, 0.05) is 40.7 Å². The van der Waals surface area contributed by atoms with Gasteiger partial charge in [-0.1, -0.05) is 24.3 Å². The number of anilines is 1. The molecule has 0 bridgehead atoms. The molecule has 1 aliphatic heterocycles. The second kappa shape index (κ2) is 8.19. The van der Waals surface area contributed by atoms with Crippen LogP contribution in [-0.4, -0.2) is 41.3 Å². The highest BCUT2D eigenvalue weighted by atomic mass is 32.2. The topological polar surface area (TPSA) is 162 Å². The lowest BCUT2D eigenvalue weighted by Crippen LogP contribution is -2.32. The number of carbonyl (C=O) groups excluding carboxylic acids is 1. The Morgan fingerprint density at radius 1 is 1.06 bits per heavy atom. The normalized spacial score (nSPS) is 14.3. The molecule has 3 aromatic rings. The molecule has 4 rings (SSSR count). The van der Waals surface area contributed by atoms with E-state index >= 15 is 0 Å². The molecule has 172 valence electrons. The number of sulfonamides is 1. The first-order valence-electron chi connectivity index (χ1n) is 9.45. The van der Waals surface area contributed by atoms with Crippen LogP contribution in [0, 0.1) is 10.1 Å². The highest BCUT2D eigenvalue weighted by Gasteiger charge is 2.31. The maximum atomic E-state index is 13.1. The van der Waals surface area contributed by atoms with Crippen molar-refractivity contribution >= 4 is 48.2 Å². The third-order valence-electron chi connectivity index (χ3n) is 5.30. The molecule has 0 fully saturated rings. The molecule has 1 aliphatic rings. The van der Waals surface area contributed by atoms with Crippen LogP contribution in [0.1, 0.15) is 21.2 Å². The lowest BCUT2D eigenvalue weighted by Gasteiger charge is -2.18. The average Bonchev–Trinajstić information content (AvgIpc) is 3.11. The number of nitrogens with one attached hydrogen (secondary N) is 2. The molecular formula is C20H17N3O8S2. The lowest BCUT2D eigenvalue weighted by atomic mass is 10.1. The molecule has 1 heterocycles. The zero-order chi connectivity index (χ0) is 24.0. The zero-order valence-corrected chi connectivity index (χ0v) is 18.6. The first-order chi connectivity index (χ1) is 15.5. The fourth-order valence-electron chi connectivity index (χ4n) is 3.67. The SMILES string of the molecule is COS(=O)(=O)C(CNS(=O)(=O)c1ccc2c3c(cccc13)C(=O)N2)c1ccc([N+](=O)[O-])cc1. The van der Waals surface area contributed by atoms with Crippen molar-refractivity contribution in [3.63, 3.8) is 0 Å². The van der Waals surface area contributed by atoms with Gasteiger partial charge in [0.05, 0.1) is 16.9 Å². The van der Waals surface area contributed by atoms with Crippen LogP contribution in [0.5, 0.6) is 0 Å². The third-order valence-corrected chi connectivity index (χ3v) is 8.38. The lowest BCUT2D eigenvalue weighted by molar-refractivity contribution is -0.384. The Kier molecular flexibility index (Phi) is 5.66. The van der Waals surface area contributed by atoms with E-state index in [-0.39, 0.29) is 22.1 Å². The number of nitrogens with zero attached hydrogens (tertiary/aromatic N) is 1. The molecular weight excluding hydrogens is 474 g/mol. The van der Waals surface area contributed by atoms with Gasteiger partial charge in [-0.3, -0.25) is 19.1 Å². The molecule has 0 aromatic heterocycles. The highest BCUT2D eigenvalue weighted by Crippen LogP contribution is 2.36. The van der Waals surface area contributed by atoms with Crippen LogP contribution in [0.15, 0.2) is 59.5 Å². The number of benzene rings is 3. The number of nitro benzene ring substituents is 1. The Labute approximate surface area is 188 Å². The number of nitro groups is 1. The van der Waals surface area contributed by atoms with Crippen molar-refractivity contribution < 1.29 is 30.7 Å².